The van der Waals surface area contributed by atoms with Crippen LogP contribution in [0.3, 0.4) is 0 Å². The molecule has 2 aromatic rings. The monoisotopic (exact) mass is 428 g/mol. The van der Waals surface area contributed by atoms with Crippen LogP contribution in [-0.2, 0) is 11.2 Å². The molecule has 1 heterocycles. The van der Waals surface area contributed by atoms with Crippen LogP contribution in [0.25, 0.3) is 0 Å². The molecule has 0 spiro atoms. The number of piperidine rings is 1. The van der Waals surface area contributed by atoms with Crippen molar-refractivity contribution < 1.29 is 29.6 Å². The average Bonchev–Trinajstić information content (AvgIpc) is 2.77. The van der Waals surface area contributed by atoms with E-state index in [4.69, 9.17) is 4.74 Å². The Bertz CT molecular complexity index is 897. The van der Waals surface area contributed by atoms with Crippen LogP contribution in [0.2, 0.25) is 0 Å². The first-order valence-corrected chi connectivity index (χ1v) is 10.4. The third kappa shape index (κ3) is 5.81. The van der Waals surface area contributed by atoms with Gasteiger partial charge in [-0.15, -0.1) is 0 Å². The molecule has 0 saturated carbocycles. The van der Waals surface area contributed by atoms with Crippen molar-refractivity contribution in [1.29, 1.82) is 0 Å². The molecule has 1 aliphatic heterocycles. The third-order valence-electron chi connectivity index (χ3n) is 5.34. The molecule has 0 bridgehead atoms. The minimum Gasteiger partial charge on any atom is -0.504 e. The molecule has 0 radical (unpaired) electrons. The number of likely N-dealkylation sites (tertiary alicyclic amines) is 1. The van der Waals surface area contributed by atoms with E-state index in [-0.39, 0.29) is 24.1 Å². The van der Waals surface area contributed by atoms with E-state index in [9.17, 15) is 24.9 Å². The van der Waals surface area contributed by atoms with Gasteiger partial charge in [-0.2, -0.15) is 0 Å². The van der Waals surface area contributed by atoms with Crippen LogP contribution >= 0.6 is 0 Å². The van der Waals surface area contributed by atoms with Crippen LogP contribution in [0.15, 0.2) is 36.4 Å². The molecule has 166 valence electrons. The number of phenols is 3. The molecule has 0 aromatic heterocycles. The number of amides is 2. The molecule has 31 heavy (non-hydrogen) atoms. The second-order valence-corrected chi connectivity index (χ2v) is 7.67. The van der Waals surface area contributed by atoms with Crippen molar-refractivity contribution >= 4 is 11.8 Å². The lowest BCUT2D eigenvalue weighted by molar-refractivity contribution is -0.134. The summed E-state index contributed by atoms with van der Waals surface area (Å²) in [7, 11) is 0. The highest BCUT2D eigenvalue weighted by molar-refractivity contribution is 5.95. The fourth-order valence-electron chi connectivity index (χ4n) is 3.55. The highest BCUT2D eigenvalue weighted by atomic mass is 16.5. The van der Waals surface area contributed by atoms with E-state index in [1.807, 2.05) is 24.3 Å². The van der Waals surface area contributed by atoms with Crippen molar-refractivity contribution in [3.63, 3.8) is 0 Å². The number of aryl methyl sites for hydroxylation is 1. The smallest absolute Gasteiger partial charge is 0.260 e. The number of benzene rings is 2. The first-order valence-electron chi connectivity index (χ1n) is 10.4. The molecular formula is C23H28N2O6. The summed E-state index contributed by atoms with van der Waals surface area (Å²) in [6, 6.07) is 9.81. The van der Waals surface area contributed by atoms with Gasteiger partial charge < -0.3 is 30.3 Å². The second-order valence-electron chi connectivity index (χ2n) is 7.67. The first-order chi connectivity index (χ1) is 14.9. The van der Waals surface area contributed by atoms with Crippen molar-refractivity contribution in [2.45, 2.75) is 38.6 Å². The molecule has 4 N–H and O–H groups in total. The lowest BCUT2D eigenvalue weighted by Gasteiger charge is -2.32. The van der Waals surface area contributed by atoms with Gasteiger partial charge in [0.1, 0.15) is 5.75 Å². The van der Waals surface area contributed by atoms with E-state index in [1.54, 1.807) is 4.90 Å². The summed E-state index contributed by atoms with van der Waals surface area (Å²) in [6.07, 6.45) is 3.26. The van der Waals surface area contributed by atoms with Gasteiger partial charge in [0.2, 0.25) is 0 Å². The molecule has 1 fully saturated rings. The van der Waals surface area contributed by atoms with Crippen LogP contribution in [0, 0.1) is 0 Å². The largest absolute Gasteiger partial charge is 0.504 e. The van der Waals surface area contributed by atoms with Gasteiger partial charge in [-0.1, -0.05) is 25.5 Å². The third-order valence-corrected chi connectivity index (χ3v) is 5.34. The number of carbonyl (C=O) groups is 2. The summed E-state index contributed by atoms with van der Waals surface area (Å²) in [5.74, 6) is -1.70. The Morgan fingerprint density at radius 2 is 1.68 bits per heavy atom. The van der Waals surface area contributed by atoms with Gasteiger partial charge in [0.25, 0.3) is 11.8 Å². The normalized spacial score (nSPS) is 14.3. The van der Waals surface area contributed by atoms with Crippen molar-refractivity contribution in [3.05, 3.63) is 47.5 Å². The van der Waals surface area contributed by atoms with E-state index in [0.717, 1.165) is 25.0 Å². The Hall–Kier alpha value is -3.42. The predicted octanol–water partition coefficient (Wildman–Crippen LogP) is 2.56. The second kappa shape index (κ2) is 10.1. The minimum atomic E-state index is -0.664. The van der Waals surface area contributed by atoms with E-state index in [0.29, 0.717) is 31.7 Å². The Labute approximate surface area is 181 Å². The molecule has 2 aromatic carbocycles. The lowest BCUT2D eigenvalue weighted by atomic mass is 10.0. The number of rotatable bonds is 7. The van der Waals surface area contributed by atoms with Gasteiger partial charge in [0.05, 0.1) is 0 Å². The number of nitrogens with one attached hydrogen (secondary N) is 1. The Kier molecular flexibility index (Phi) is 7.23. The zero-order chi connectivity index (χ0) is 22.4. The fourth-order valence-corrected chi connectivity index (χ4v) is 3.55. The van der Waals surface area contributed by atoms with Crippen LogP contribution in [-0.4, -0.2) is 57.8 Å². The first kappa shape index (κ1) is 22.3. The summed E-state index contributed by atoms with van der Waals surface area (Å²) in [5.41, 5.74) is 1.28. The number of nitrogens with zero attached hydrogens (tertiary/aromatic N) is 1. The number of aromatic hydroxyl groups is 3. The summed E-state index contributed by atoms with van der Waals surface area (Å²) in [4.78, 5) is 26.5. The van der Waals surface area contributed by atoms with E-state index < -0.39 is 23.2 Å². The van der Waals surface area contributed by atoms with E-state index >= 15 is 0 Å². The topological polar surface area (TPSA) is 119 Å². The van der Waals surface area contributed by atoms with E-state index in [2.05, 4.69) is 12.2 Å². The van der Waals surface area contributed by atoms with Gasteiger partial charge in [0.15, 0.2) is 23.9 Å². The number of ether oxygens (including phenoxy) is 1. The number of hydrogen-bond acceptors (Lipinski definition) is 6. The van der Waals surface area contributed by atoms with Gasteiger partial charge in [-0.25, -0.2) is 0 Å². The zero-order valence-corrected chi connectivity index (χ0v) is 17.5. The molecule has 1 saturated heterocycles. The van der Waals surface area contributed by atoms with Gasteiger partial charge in [-0.3, -0.25) is 9.59 Å². The molecule has 8 nitrogen and oxygen atoms in total. The molecule has 0 aliphatic carbocycles. The molecule has 2 amide bonds. The van der Waals surface area contributed by atoms with E-state index in [1.165, 1.54) is 5.56 Å². The Morgan fingerprint density at radius 3 is 2.26 bits per heavy atom. The molecule has 0 atom stereocenters. The zero-order valence-electron chi connectivity index (χ0n) is 17.5. The summed E-state index contributed by atoms with van der Waals surface area (Å²) in [5, 5.41) is 31.3. The molecule has 3 rings (SSSR count). The molecule has 1 aliphatic rings. The van der Waals surface area contributed by atoms with Crippen LogP contribution < -0.4 is 10.1 Å². The van der Waals surface area contributed by atoms with Gasteiger partial charge >= 0.3 is 0 Å². The minimum absolute atomic E-state index is 0.0315. The fraction of sp³-hybridized carbons (Fsp3) is 0.391. The van der Waals surface area contributed by atoms with Crippen molar-refractivity contribution in [2.75, 3.05) is 19.7 Å². The van der Waals surface area contributed by atoms with Crippen molar-refractivity contribution in [2.24, 2.45) is 0 Å². The highest BCUT2D eigenvalue weighted by Crippen LogP contribution is 2.35. The van der Waals surface area contributed by atoms with Crippen LogP contribution in [0.1, 0.15) is 42.1 Å². The predicted molar refractivity (Wildman–Crippen MR) is 114 cm³/mol. The number of hydrogen-bond donors (Lipinski definition) is 4. The standard InChI is InChI=1S/C23H28N2O6/c1-2-3-15-4-6-18(7-5-15)31-14-21(28)25-10-8-17(9-11-25)24-23(30)16-12-19(26)22(29)20(27)13-16/h4-7,12-13,17,26-27,29H,2-3,8-11,14H2,1H3,(H,24,30). The number of phenolic OH excluding ortho intramolecular Hbond substituents is 3. The highest BCUT2D eigenvalue weighted by Gasteiger charge is 2.25. The maximum atomic E-state index is 12.4. The molecule has 8 heteroatoms. The van der Waals surface area contributed by atoms with Gasteiger partial charge in [-0.05, 0) is 49.1 Å². The quantitative estimate of drug-likeness (QED) is 0.503. The summed E-state index contributed by atoms with van der Waals surface area (Å²) in [6.45, 7) is 3.08. The van der Waals surface area contributed by atoms with Crippen molar-refractivity contribution in [3.8, 4) is 23.0 Å². The van der Waals surface area contributed by atoms with Crippen LogP contribution in [0.5, 0.6) is 23.0 Å². The maximum Gasteiger partial charge on any atom is 0.260 e. The lowest BCUT2D eigenvalue weighted by Crippen LogP contribution is -2.47. The van der Waals surface area contributed by atoms with Gasteiger partial charge in [0, 0.05) is 24.7 Å². The number of carbonyl (C=O) groups excluding carboxylic acids is 2. The Balaban J connectivity index is 1.44. The molecular weight excluding hydrogens is 400 g/mol. The average molecular weight is 428 g/mol. The SMILES string of the molecule is CCCc1ccc(OCC(=O)N2CCC(NC(=O)c3cc(O)c(O)c(O)c3)CC2)cc1. The van der Waals surface area contributed by atoms with Crippen LogP contribution in [0.4, 0.5) is 0 Å². The van der Waals surface area contributed by atoms with Crippen molar-refractivity contribution in [1.82, 2.24) is 10.2 Å². The maximum absolute atomic E-state index is 12.4. The summed E-state index contributed by atoms with van der Waals surface area (Å²) >= 11 is 0. The molecule has 0 unspecified atom stereocenters. The Morgan fingerprint density at radius 1 is 1.06 bits per heavy atom. The summed E-state index contributed by atoms with van der Waals surface area (Å²) < 4.78 is 5.61.